The van der Waals surface area contributed by atoms with Gasteiger partial charge in [-0.2, -0.15) is 0 Å². The van der Waals surface area contributed by atoms with Gasteiger partial charge in [0.1, 0.15) is 5.82 Å². The van der Waals surface area contributed by atoms with E-state index in [-0.39, 0.29) is 0 Å². The van der Waals surface area contributed by atoms with Crippen LogP contribution in [0.3, 0.4) is 0 Å². The van der Waals surface area contributed by atoms with Gasteiger partial charge in [0.15, 0.2) is 0 Å². The minimum atomic E-state index is 0.704. The van der Waals surface area contributed by atoms with Crippen LogP contribution in [0.4, 0.5) is 0 Å². The molecule has 0 aliphatic heterocycles. The number of nitrogens with two attached hydrogens (primary N) is 1. The summed E-state index contributed by atoms with van der Waals surface area (Å²) in [5.74, 6) is 1.19. The van der Waals surface area contributed by atoms with Gasteiger partial charge in [-0.25, -0.2) is 4.98 Å². The van der Waals surface area contributed by atoms with Crippen molar-refractivity contribution in [3.63, 3.8) is 0 Å². The molecule has 1 aliphatic rings. The average Bonchev–Trinajstić information content (AvgIpc) is 2.64. The third-order valence-corrected chi connectivity index (χ3v) is 2.75. The minimum absolute atomic E-state index is 0.704. The second-order valence-electron chi connectivity index (χ2n) is 3.56. The Balaban J connectivity index is 2.35. The summed E-state index contributed by atoms with van der Waals surface area (Å²) in [4.78, 5) is 4.63. The van der Waals surface area contributed by atoms with Gasteiger partial charge in [-0.1, -0.05) is 0 Å². The summed E-state index contributed by atoms with van der Waals surface area (Å²) >= 11 is 0. The number of aryl methyl sites for hydroxylation is 1. The molecule has 0 fully saturated rings. The molecule has 3 nitrogen and oxygen atoms in total. The normalized spacial score (nSPS) is 14.9. The molecule has 1 aliphatic carbocycles. The fourth-order valence-corrected chi connectivity index (χ4v) is 2.19. The van der Waals surface area contributed by atoms with Gasteiger partial charge >= 0.3 is 0 Å². The first kappa shape index (κ1) is 8.75. The lowest BCUT2D eigenvalue weighted by molar-refractivity contribution is 0.655. The standard InChI is InChI=1S/C10H17N3/c1-2-13-9-5-3-4-8(9)12-10(13)6-7-11/h2-7,11H2,1H3. The summed E-state index contributed by atoms with van der Waals surface area (Å²) < 4.78 is 2.34. The zero-order chi connectivity index (χ0) is 9.26. The van der Waals surface area contributed by atoms with Crippen molar-refractivity contribution in [1.82, 2.24) is 9.55 Å². The molecule has 0 saturated carbocycles. The third kappa shape index (κ3) is 1.37. The number of fused-ring (bicyclic) bond motifs is 1. The van der Waals surface area contributed by atoms with Crippen LogP contribution in [0.1, 0.15) is 30.6 Å². The van der Waals surface area contributed by atoms with Crippen molar-refractivity contribution in [2.24, 2.45) is 5.73 Å². The molecule has 2 N–H and O–H groups in total. The highest BCUT2D eigenvalue weighted by Gasteiger charge is 2.19. The Hall–Kier alpha value is -0.830. The molecule has 0 unspecified atom stereocenters. The number of hydrogen-bond donors (Lipinski definition) is 1. The Bertz CT molecular complexity index is 301. The van der Waals surface area contributed by atoms with Crippen molar-refractivity contribution >= 4 is 0 Å². The molecular formula is C10H17N3. The van der Waals surface area contributed by atoms with Crippen molar-refractivity contribution in [3.05, 3.63) is 17.2 Å². The first-order chi connectivity index (χ1) is 6.36. The van der Waals surface area contributed by atoms with Crippen LogP contribution in [0.25, 0.3) is 0 Å². The zero-order valence-corrected chi connectivity index (χ0v) is 8.21. The quantitative estimate of drug-likeness (QED) is 0.749. The predicted octanol–water partition coefficient (Wildman–Crippen LogP) is 0.893. The topological polar surface area (TPSA) is 43.8 Å². The fourth-order valence-electron chi connectivity index (χ4n) is 2.19. The van der Waals surface area contributed by atoms with Crippen molar-refractivity contribution in [1.29, 1.82) is 0 Å². The van der Waals surface area contributed by atoms with Crippen molar-refractivity contribution < 1.29 is 0 Å². The number of nitrogens with zero attached hydrogens (tertiary/aromatic N) is 2. The smallest absolute Gasteiger partial charge is 0.110 e. The van der Waals surface area contributed by atoms with E-state index in [1.807, 2.05) is 0 Å². The summed E-state index contributed by atoms with van der Waals surface area (Å²) in [6, 6.07) is 0. The van der Waals surface area contributed by atoms with Gasteiger partial charge in [0, 0.05) is 18.7 Å². The van der Waals surface area contributed by atoms with Crippen LogP contribution < -0.4 is 5.73 Å². The lowest BCUT2D eigenvalue weighted by Crippen LogP contribution is -2.11. The molecule has 3 heteroatoms. The van der Waals surface area contributed by atoms with E-state index in [1.54, 1.807) is 0 Å². The minimum Gasteiger partial charge on any atom is -0.332 e. The van der Waals surface area contributed by atoms with E-state index >= 15 is 0 Å². The highest BCUT2D eigenvalue weighted by molar-refractivity contribution is 5.22. The Kier molecular flexibility index (Phi) is 2.36. The van der Waals surface area contributed by atoms with E-state index < -0.39 is 0 Å². The van der Waals surface area contributed by atoms with Crippen LogP contribution in [0, 0.1) is 0 Å². The van der Waals surface area contributed by atoms with Gasteiger partial charge in [-0.3, -0.25) is 0 Å². The molecule has 1 aromatic rings. The van der Waals surface area contributed by atoms with Crippen LogP contribution >= 0.6 is 0 Å². The molecule has 1 heterocycles. The fraction of sp³-hybridized carbons (Fsp3) is 0.700. The summed E-state index contributed by atoms with van der Waals surface area (Å²) in [7, 11) is 0. The first-order valence-electron chi connectivity index (χ1n) is 5.14. The first-order valence-corrected chi connectivity index (χ1v) is 5.14. The molecule has 72 valence electrons. The van der Waals surface area contributed by atoms with Gasteiger partial charge in [0.2, 0.25) is 0 Å². The van der Waals surface area contributed by atoms with E-state index in [1.165, 1.54) is 36.5 Å². The predicted molar refractivity (Wildman–Crippen MR) is 52.7 cm³/mol. The van der Waals surface area contributed by atoms with Crippen LogP contribution in [0.15, 0.2) is 0 Å². The van der Waals surface area contributed by atoms with Crippen LogP contribution in [0.2, 0.25) is 0 Å². The highest BCUT2D eigenvalue weighted by Crippen LogP contribution is 2.22. The second-order valence-corrected chi connectivity index (χ2v) is 3.56. The molecule has 0 atom stereocenters. The maximum Gasteiger partial charge on any atom is 0.110 e. The third-order valence-electron chi connectivity index (χ3n) is 2.75. The van der Waals surface area contributed by atoms with E-state index in [2.05, 4.69) is 16.5 Å². The average molecular weight is 179 g/mol. The molecule has 0 aromatic carbocycles. The zero-order valence-electron chi connectivity index (χ0n) is 8.21. The maximum absolute atomic E-state index is 5.55. The Morgan fingerprint density at radius 2 is 2.31 bits per heavy atom. The molecule has 0 spiro atoms. The molecule has 0 radical (unpaired) electrons. The van der Waals surface area contributed by atoms with Gasteiger partial charge in [0.05, 0.1) is 5.69 Å². The van der Waals surface area contributed by atoms with Gasteiger partial charge in [-0.05, 0) is 32.7 Å². The summed E-state index contributed by atoms with van der Waals surface area (Å²) in [5.41, 5.74) is 8.34. The van der Waals surface area contributed by atoms with E-state index in [0.717, 1.165) is 13.0 Å². The number of imidazole rings is 1. The van der Waals surface area contributed by atoms with E-state index in [9.17, 15) is 0 Å². The lowest BCUT2D eigenvalue weighted by Gasteiger charge is -2.06. The van der Waals surface area contributed by atoms with Crippen LogP contribution in [-0.4, -0.2) is 16.1 Å². The second kappa shape index (κ2) is 3.50. The SMILES string of the molecule is CCn1c(CCN)nc2c1CCC2. The molecule has 13 heavy (non-hydrogen) atoms. The summed E-state index contributed by atoms with van der Waals surface area (Å²) in [5, 5.41) is 0. The molecule has 0 saturated heterocycles. The molecule has 1 aromatic heterocycles. The Morgan fingerprint density at radius 3 is 3.00 bits per heavy atom. The number of aromatic nitrogens is 2. The number of rotatable bonds is 3. The molecular weight excluding hydrogens is 162 g/mol. The van der Waals surface area contributed by atoms with Crippen molar-refractivity contribution in [2.45, 2.75) is 39.2 Å². The van der Waals surface area contributed by atoms with Gasteiger partial charge in [0.25, 0.3) is 0 Å². The van der Waals surface area contributed by atoms with Crippen LogP contribution in [0.5, 0.6) is 0 Å². The maximum atomic E-state index is 5.55. The lowest BCUT2D eigenvalue weighted by atomic mass is 10.3. The van der Waals surface area contributed by atoms with E-state index in [0.29, 0.717) is 6.54 Å². The molecule has 2 rings (SSSR count). The van der Waals surface area contributed by atoms with Gasteiger partial charge < -0.3 is 10.3 Å². The Labute approximate surface area is 79.0 Å². The van der Waals surface area contributed by atoms with Gasteiger partial charge in [-0.15, -0.1) is 0 Å². The Morgan fingerprint density at radius 1 is 1.46 bits per heavy atom. The van der Waals surface area contributed by atoms with E-state index in [4.69, 9.17) is 5.73 Å². The largest absolute Gasteiger partial charge is 0.332 e. The monoisotopic (exact) mass is 179 g/mol. The number of hydrogen-bond acceptors (Lipinski definition) is 2. The van der Waals surface area contributed by atoms with Crippen molar-refractivity contribution in [2.75, 3.05) is 6.54 Å². The molecule has 0 bridgehead atoms. The van der Waals surface area contributed by atoms with Crippen molar-refractivity contribution in [3.8, 4) is 0 Å². The molecule has 0 amide bonds. The van der Waals surface area contributed by atoms with Crippen LogP contribution in [-0.2, 0) is 25.8 Å². The summed E-state index contributed by atoms with van der Waals surface area (Å²) in [6.07, 6.45) is 4.57. The summed E-state index contributed by atoms with van der Waals surface area (Å²) in [6.45, 7) is 3.92. The highest BCUT2D eigenvalue weighted by atomic mass is 15.1.